The quantitative estimate of drug-likeness (QED) is 0.279. The number of hydrazine groups is 1. The number of amides is 1. The molecule has 0 fully saturated rings. The molecule has 0 saturated heterocycles. The Labute approximate surface area is 121 Å². The molecule has 6 heteroatoms. The standard InChI is InChI=1S/C14H15N3O2S/c15-17-14(18)11-1-3-12(4-2-11)19-9-10-20-13-5-7-16-8-6-13/h1-8H,9-10,15H2,(H,17,18). The van der Waals surface area contributed by atoms with Crippen molar-refractivity contribution < 1.29 is 9.53 Å². The first-order chi connectivity index (χ1) is 9.79. The van der Waals surface area contributed by atoms with Crippen LogP contribution in [0.3, 0.4) is 0 Å². The molecule has 0 bridgehead atoms. The van der Waals surface area contributed by atoms with E-state index in [4.69, 9.17) is 10.6 Å². The highest BCUT2D eigenvalue weighted by Crippen LogP contribution is 2.17. The van der Waals surface area contributed by atoms with Crippen molar-refractivity contribution in [2.45, 2.75) is 4.90 Å². The van der Waals surface area contributed by atoms with Crippen LogP contribution in [0.2, 0.25) is 0 Å². The van der Waals surface area contributed by atoms with Crippen LogP contribution in [0.1, 0.15) is 10.4 Å². The summed E-state index contributed by atoms with van der Waals surface area (Å²) in [5.41, 5.74) is 2.59. The molecule has 5 nitrogen and oxygen atoms in total. The highest BCUT2D eigenvalue weighted by molar-refractivity contribution is 7.99. The minimum Gasteiger partial charge on any atom is -0.493 e. The Morgan fingerprint density at radius 1 is 1.20 bits per heavy atom. The molecule has 0 aliphatic rings. The molecule has 0 spiro atoms. The number of hydrogen-bond acceptors (Lipinski definition) is 5. The summed E-state index contributed by atoms with van der Waals surface area (Å²) in [4.78, 5) is 16.4. The van der Waals surface area contributed by atoms with Crippen LogP contribution in [0, 0.1) is 0 Å². The number of rotatable bonds is 6. The summed E-state index contributed by atoms with van der Waals surface area (Å²) >= 11 is 1.71. The molecule has 1 heterocycles. The first-order valence-electron chi connectivity index (χ1n) is 6.06. The van der Waals surface area contributed by atoms with Gasteiger partial charge in [-0.25, -0.2) is 5.84 Å². The fraction of sp³-hybridized carbons (Fsp3) is 0.143. The highest BCUT2D eigenvalue weighted by Gasteiger charge is 2.03. The molecule has 1 aromatic carbocycles. The highest BCUT2D eigenvalue weighted by atomic mass is 32.2. The molecule has 0 aliphatic carbocycles. The lowest BCUT2D eigenvalue weighted by atomic mass is 10.2. The fourth-order valence-electron chi connectivity index (χ4n) is 1.54. The van der Waals surface area contributed by atoms with Gasteiger partial charge in [-0.1, -0.05) is 0 Å². The number of carbonyl (C=O) groups excluding carboxylic acids is 1. The van der Waals surface area contributed by atoms with E-state index in [0.717, 1.165) is 11.5 Å². The third-order valence-electron chi connectivity index (χ3n) is 2.52. The van der Waals surface area contributed by atoms with Crippen LogP contribution >= 0.6 is 11.8 Å². The van der Waals surface area contributed by atoms with Crippen LogP contribution < -0.4 is 16.0 Å². The van der Waals surface area contributed by atoms with Gasteiger partial charge in [0.15, 0.2) is 0 Å². The Morgan fingerprint density at radius 3 is 2.55 bits per heavy atom. The maximum atomic E-state index is 11.3. The summed E-state index contributed by atoms with van der Waals surface area (Å²) in [5, 5.41) is 0. The predicted molar refractivity (Wildman–Crippen MR) is 78.6 cm³/mol. The van der Waals surface area contributed by atoms with Crippen LogP contribution in [0.15, 0.2) is 53.7 Å². The van der Waals surface area contributed by atoms with Gasteiger partial charge in [0.25, 0.3) is 5.91 Å². The number of nitrogens with two attached hydrogens (primary N) is 1. The first kappa shape index (κ1) is 14.4. The van der Waals surface area contributed by atoms with Crippen molar-refractivity contribution in [3.8, 4) is 5.75 Å². The van der Waals surface area contributed by atoms with E-state index in [1.807, 2.05) is 12.1 Å². The van der Waals surface area contributed by atoms with Gasteiger partial charge in [-0.3, -0.25) is 15.2 Å². The Bertz CT molecular complexity index is 546. The minimum absolute atomic E-state index is 0.315. The van der Waals surface area contributed by atoms with Crippen LogP contribution in [0.4, 0.5) is 0 Å². The van der Waals surface area contributed by atoms with Gasteiger partial charge in [-0.05, 0) is 36.4 Å². The summed E-state index contributed by atoms with van der Waals surface area (Å²) < 4.78 is 5.60. The van der Waals surface area contributed by atoms with Crippen molar-refractivity contribution in [3.05, 3.63) is 54.4 Å². The topological polar surface area (TPSA) is 77.2 Å². The predicted octanol–water partition coefficient (Wildman–Crippen LogP) is 1.86. The zero-order chi connectivity index (χ0) is 14.2. The summed E-state index contributed by atoms with van der Waals surface area (Å²) in [5.74, 6) is 6.32. The second kappa shape index (κ2) is 7.52. The van der Waals surface area contributed by atoms with Gasteiger partial charge in [0.1, 0.15) is 5.75 Å². The molecule has 2 rings (SSSR count). The van der Waals surface area contributed by atoms with Crippen LogP contribution in [0.5, 0.6) is 5.75 Å². The Balaban J connectivity index is 1.75. The smallest absolute Gasteiger partial charge is 0.265 e. The second-order valence-electron chi connectivity index (χ2n) is 3.88. The van der Waals surface area contributed by atoms with Crippen LogP contribution in [0.25, 0.3) is 0 Å². The van der Waals surface area contributed by atoms with E-state index in [2.05, 4.69) is 10.4 Å². The van der Waals surface area contributed by atoms with E-state index >= 15 is 0 Å². The molecular formula is C14H15N3O2S. The van der Waals surface area contributed by atoms with E-state index in [-0.39, 0.29) is 5.91 Å². The number of nitrogens with one attached hydrogen (secondary N) is 1. The number of carbonyl (C=O) groups is 1. The summed E-state index contributed by atoms with van der Waals surface area (Å²) in [6.45, 7) is 0.593. The Kier molecular flexibility index (Phi) is 5.40. The van der Waals surface area contributed by atoms with E-state index in [0.29, 0.717) is 12.2 Å². The van der Waals surface area contributed by atoms with Gasteiger partial charge in [-0.2, -0.15) is 0 Å². The molecular weight excluding hydrogens is 274 g/mol. The number of benzene rings is 1. The van der Waals surface area contributed by atoms with Gasteiger partial charge in [0.2, 0.25) is 0 Å². The molecule has 0 aliphatic heterocycles. The maximum absolute atomic E-state index is 11.3. The molecule has 1 amide bonds. The van der Waals surface area contributed by atoms with Crippen molar-refractivity contribution in [2.24, 2.45) is 5.84 Å². The average molecular weight is 289 g/mol. The summed E-state index contributed by atoms with van der Waals surface area (Å²) in [7, 11) is 0. The number of pyridine rings is 1. The normalized spacial score (nSPS) is 10.1. The molecule has 104 valence electrons. The number of thioether (sulfide) groups is 1. The SMILES string of the molecule is NNC(=O)c1ccc(OCCSc2ccncc2)cc1. The summed E-state index contributed by atoms with van der Waals surface area (Å²) in [6.07, 6.45) is 3.54. The van der Waals surface area contributed by atoms with Crippen LogP contribution in [-0.4, -0.2) is 23.3 Å². The average Bonchev–Trinajstić information content (AvgIpc) is 2.52. The maximum Gasteiger partial charge on any atom is 0.265 e. The molecule has 0 saturated carbocycles. The molecule has 1 aromatic heterocycles. The number of nitrogens with zero attached hydrogens (tertiary/aromatic N) is 1. The first-order valence-corrected chi connectivity index (χ1v) is 7.05. The molecule has 0 atom stereocenters. The number of hydrogen-bond donors (Lipinski definition) is 2. The van der Waals surface area contributed by atoms with Crippen molar-refractivity contribution in [3.63, 3.8) is 0 Å². The van der Waals surface area contributed by atoms with Crippen molar-refractivity contribution in [1.29, 1.82) is 0 Å². The monoisotopic (exact) mass is 289 g/mol. The molecule has 0 radical (unpaired) electrons. The van der Waals surface area contributed by atoms with Crippen LogP contribution in [-0.2, 0) is 0 Å². The van der Waals surface area contributed by atoms with Gasteiger partial charge in [-0.15, -0.1) is 11.8 Å². The van der Waals surface area contributed by atoms with Gasteiger partial charge in [0.05, 0.1) is 6.61 Å². The number of nitrogen functional groups attached to an aromatic ring is 1. The van der Waals surface area contributed by atoms with Crippen molar-refractivity contribution in [2.75, 3.05) is 12.4 Å². The van der Waals surface area contributed by atoms with E-state index < -0.39 is 0 Å². The lowest BCUT2D eigenvalue weighted by Gasteiger charge is -2.06. The van der Waals surface area contributed by atoms with Gasteiger partial charge >= 0.3 is 0 Å². The second-order valence-corrected chi connectivity index (χ2v) is 5.05. The Morgan fingerprint density at radius 2 is 1.90 bits per heavy atom. The van der Waals surface area contributed by atoms with E-state index in [1.54, 1.807) is 48.4 Å². The molecule has 3 N–H and O–H groups in total. The molecule has 20 heavy (non-hydrogen) atoms. The fourth-order valence-corrected chi connectivity index (χ4v) is 2.26. The minimum atomic E-state index is -0.315. The number of ether oxygens (including phenoxy) is 1. The van der Waals surface area contributed by atoms with E-state index in [9.17, 15) is 4.79 Å². The third kappa shape index (κ3) is 4.25. The van der Waals surface area contributed by atoms with E-state index in [1.165, 1.54) is 4.90 Å². The van der Waals surface area contributed by atoms with Gasteiger partial charge < -0.3 is 4.74 Å². The van der Waals surface area contributed by atoms with Gasteiger partial charge in [0, 0.05) is 28.6 Å². The zero-order valence-corrected chi connectivity index (χ0v) is 11.6. The Hall–Kier alpha value is -2.05. The largest absolute Gasteiger partial charge is 0.493 e. The molecule has 0 unspecified atom stereocenters. The number of aromatic nitrogens is 1. The summed E-state index contributed by atoms with van der Waals surface area (Å²) in [6, 6.07) is 10.8. The molecule has 2 aromatic rings. The third-order valence-corrected chi connectivity index (χ3v) is 3.49. The van der Waals surface area contributed by atoms with Crippen molar-refractivity contribution in [1.82, 2.24) is 10.4 Å². The lowest BCUT2D eigenvalue weighted by Crippen LogP contribution is -2.29. The zero-order valence-electron chi connectivity index (χ0n) is 10.8. The lowest BCUT2D eigenvalue weighted by molar-refractivity contribution is 0.0953. The van der Waals surface area contributed by atoms with Crippen molar-refractivity contribution >= 4 is 17.7 Å².